The highest BCUT2D eigenvalue weighted by molar-refractivity contribution is 7.89. The van der Waals surface area contributed by atoms with Gasteiger partial charge in [-0.3, -0.25) is 4.79 Å². The van der Waals surface area contributed by atoms with Crippen molar-refractivity contribution in [2.24, 2.45) is 0 Å². The summed E-state index contributed by atoms with van der Waals surface area (Å²) in [6.45, 7) is 4.94. The van der Waals surface area contributed by atoms with Crippen molar-refractivity contribution >= 4 is 21.6 Å². The number of rotatable bonds is 8. The highest BCUT2D eigenvalue weighted by atomic mass is 32.2. The van der Waals surface area contributed by atoms with Gasteiger partial charge in [0.05, 0.1) is 41.3 Å². The summed E-state index contributed by atoms with van der Waals surface area (Å²) >= 11 is 0. The molecule has 5 rings (SSSR count). The summed E-state index contributed by atoms with van der Waals surface area (Å²) in [6.07, 6.45) is -0.193. The van der Waals surface area contributed by atoms with Crippen LogP contribution in [-0.4, -0.2) is 60.8 Å². The number of benzene rings is 3. The molecule has 9 nitrogen and oxygen atoms in total. The first kappa shape index (κ1) is 26.6. The molecule has 0 saturated carbocycles. The molecule has 0 spiro atoms. The monoisotopic (exact) mass is 546 g/mol. The molecule has 202 valence electrons. The Balaban J connectivity index is 1.54. The maximum Gasteiger partial charge on any atom is 0.274 e. The van der Waals surface area contributed by atoms with Gasteiger partial charge in [-0.05, 0) is 50.2 Å². The number of carbonyl (C=O) groups is 1. The zero-order valence-electron chi connectivity index (χ0n) is 21.8. The van der Waals surface area contributed by atoms with Crippen molar-refractivity contribution in [1.29, 1.82) is 0 Å². The van der Waals surface area contributed by atoms with Crippen molar-refractivity contribution in [3.63, 3.8) is 0 Å². The normalized spacial score (nSPS) is 14.3. The largest absolute Gasteiger partial charge is 0.489 e. The Morgan fingerprint density at radius 2 is 1.62 bits per heavy atom. The van der Waals surface area contributed by atoms with Gasteiger partial charge in [0.2, 0.25) is 10.0 Å². The molecule has 0 aliphatic carbocycles. The zero-order chi connectivity index (χ0) is 27.4. The third-order valence-electron chi connectivity index (χ3n) is 6.18. The minimum absolute atomic E-state index is 0.0670. The maximum atomic E-state index is 13.7. The molecular weight excluding hydrogens is 516 g/mol. The van der Waals surface area contributed by atoms with E-state index in [1.54, 1.807) is 16.8 Å². The van der Waals surface area contributed by atoms with Crippen molar-refractivity contribution in [3.05, 3.63) is 90.6 Å². The summed E-state index contributed by atoms with van der Waals surface area (Å²) in [6, 6.07) is 25.2. The van der Waals surface area contributed by atoms with E-state index < -0.39 is 15.9 Å². The number of hydrogen-bond donors (Lipinski definition) is 1. The average molecular weight is 547 g/mol. The second-order valence-electron chi connectivity index (χ2n) is 9.32. The van der Waals surface area contributed by atoms with Crippen LogP contribution in [-0.2, 0) is 14.8 Å². The molecule has 4 aromatic rings. The number of anilines is 1. The van der Waals surface area contributed by atoms with Gasteiger partial charge in [0.1, 0.15) is 11.4 Å². The Labute approximate surface area is 228 Å². The maximum absolute atomic E-state index is 13.7. The number of nitrogens with one attached hydrogen (secondary N) is 1. The van der Waals surface area contributed by atoms with E-state index in [1.807, 2.05) is 74.5 Å². The third-order valence-corrected chi connectivity index (χ3v) is 8.08. The summed E-state index contributed by atoms with van der Waals surface area (Å²) in [5.74, 6) is -0.0867. The first-order valence-corrected chi connectivity index (χ1v) is 14.2. The van der Waals surface area contributed by atoms with Crippen LogP contribution < -0.4 is 10.1 Å². The number of carbonyl (C=O) groups excluding carboxylic acids is 1. The average Bonchev–Trinajstić information content (AvgIpc) is 3.41. The Bertz CT molecular complexity index is 1550. The standard InChI is InChI=1S/C29H30N4O5S/c1-21(2)38-28-14-13-24(39(35,36)32-15-17-37-18-16-32)19-26(28)30-29(34)27-20-25(22-9-5-3-6-10-22)31-33(27)23-11-7-4-8-12-23/h3-14,19-21H,15-18H2,1-2H3,(H,30,34). The lowest BCUT2D eigenvalue weighted by Gasteiger charge is -2.26. The molecule has 10 heteroatoms. The molecule has 0 unspecified atom stereocenters. The molecule has 2 heterocycles. The fraction of sp³-hybridized carbons (Fsp3) is 0.241. The molecule has 0 radical (unpaired) electrons. The summed E-state index contributed by atoms with van der Waals surface area (Å²) in [5, 5.41) is 7.60. The number of morpholine rings is 1. The minimum Gasteiger partial charge on any atom is -0.489 e. The van der Waals surface area contributed by atoms with Gasteiger partial charge in [0.15, 0.2) is 0 Å². The number of nitrogens with zero attached hydrogens (tertiary/aromatic N) is 3. The van der Waals surface area contributed by atoms with Gasteiger partial charge in [0, 0.05) is 18.7 Å². The van der Waals surface area contributed by atoms with Gasteiger partial charge >= 0.3 is 0 Å². The van der Waals surface area contributed by atoms with E-state index in [-0.39, 0.29) is 35.5 Å². The van der Waals surface area contributed by atoms with Crippen LogP contribution in [0.3, 0.4) is 0 Å². The van der Waals surface area contributed by atoms with Gasteiger partial charge in [-0.1, -0.05) is 48.5 Å². The topological polar surface area (TPSA) is 103 Å². The van der Waals surface area contributed by atoms with Gasteiger partial charge < -0.3 is 14.8 Å². The smallest absolute Gasteiger partial charge is 0.274 e. The summed E-state index contributed by atoms with van der Waals surface area (Å²) in [4.78, 5) is 13.8. The predicted molar refractivity (Wildman–Crippen MR) is 149 cm³/mol. The van der Waals surface area contributed by atoms with Crippen LogP contribution in [0.4, 0.5) is 5.69 Å². The summed E-state index contributed by atoms with van der Waals surface area (Å²) in [5.41, 5.74) is 2.75. The number of ether oxygens (including phenoxy) is 2. The minimum atomic E-state index is -3.78. The Morgan fingerprint density at radius 1 is 0.949 bits per heavy atom. The molecule has 1 aliphatic rings. The Morgan fingerprint density at radius 3 is 2.28 bits per heavy atom. The van der Waals surface area contributed by atoms with E-state index in [1.165, 1.54) is 16.4 Å². The van der Waals surface area contributed by atoms with Crippen molar-refractivity contribution in [2.75, 3.05) is 31.6 Å². The number of para-hydroxylation sites is 1. The van der Waals surface area contributed by atoms with Crippen LogP contribution in [0.2, 0.25) is 0 Å². The molecule has 0 atom stereocenters. The molecule has 1 saturated heterocycles. The molecule has 0 bridgehead atoms. The highest BCUT2D eigenvalue weighted by Gasteiger charge is 2.28. The Hall–Kier alpha value is -3.99. The van der Waals surface area contributed by atoms with Gasteiger partial charge in [-0.15, -0.1) is 0 Å². The highest BCUT2D eigenvalue weighted by Crippen LogP contribution is 2.31. The van der Waals surface area contributed by atoms with E-state index in [2.05, 4.69) is 5.32 Å². The van der Waals surface area contributed by atoms with Crippen LogP contribution in [0.25, 0.3) is 16.9 Å². The first-order chi connectivity index (χ1) is 18.8. The van der Waals surface area contributed by atoms with E-state index in [0.29, 0.717) is 30.3 Å². The number of sulfonamides is 1. The van der Waals surface area contributed by atoms with Crippen LogP contribution in [0.1, 0.15) is 24.3 Å². The number of amides is 1. The van der Waals surface area contributed by atoms with Crippen LogP contribution in [0, 0.1) is 0 Å². The predicted octanol–water partition coefficient (Wildman–Crippen LogP) is 4.60. The lowest BCUT2D eigenvalue weighted by atomic mass is 10.1. The SMILES string of the molecule is CC(C)Oc1ccc(S(=O)(=O)N2CCOCC2)cc1NC(=O)c1cc(-c2ccccc2)nn1-c1ccccc1. The van der Waals surface area contributed by atoms with Gasteiger partial charge in [-0.25, -0.2) is 13.1 Å². The number of hydrogen-bond acceptors (Lipinski definition) is 6. The fourth-order valence-electron chi connectivity index (χ4n) is 4.31. The lowest BCUT2D eigenvalue weighted by Crippen LogP contribution is -2.40. The van der Waals surface area contributed by atoms with E-state index in [4.69, 9.17) is 14.6 Å². The molecular formula is C29H30N4O5S. The third kappa shape index (κ3) is 5.88. The molecule has 1 N–H and O–H groups in total. The summed E-state index contributed by atoms with van der Waals surface area (Å²) < 4.78 is 40.9. The van der Waals surface area contributed by atoms with Gasteiger partial charge in [-0.2, -0.15) is 9.40 Å². The zero-order valence-corrected chi connectivity index (χ0v) is 22.6. The first-order valence-electron chi connectivity index (χ1n) is 12.7. The van der Waals surface area contributed by atoms with Crippen molar-refractivity contribution in [2.45, 2.75) is 24.8 Å². The van der Waals surface area contributed by atoms with Crippen molar-refractivity contribution in [3.8, 4) is 22.7 Å². The van der Waals surface area contributed by atoms with E-state index in [9.17, 15) is 13.2 Å². The van der Waals surface area contributed by atoms with Gasteiger partial charge in [0.25, 0.3) is 5.91 Å². The molecule has 1 fully saturated rings. The van der Waals surface area contributed by atoms with E-state index >= 15 is 0 Å². The van der Waals surface area contributed by atoms with Crippen LogP contribution >= 0.6 is 0 Å². The molecule has 3 aromatic carbocycles. The Kier molecular flexibility index (Phi) is 7.78. The fourth-order valence-corrected chi connectivity index (χ4v) is 5.74. The molecule has 1 aromatic heterocycles. The van der Waals surface area contributed by atoms with E-state index in [0.717, 1.165) is 5.56 Å². The molecule has 1 amide bonds. The quantitative estimate of drug-likeness (QED) is 0.347. The second kappa shape index (κ2) is 11.4. The van der Waals surface area contributed by atoms with Crippen LogP contribution in [0.5, 0.6) is 5.75 Å². The summed E-state index contributed by atoms with van der Waals surface area (Å²) in [7, 11) is -3.78. The second-order valence-corrected chi connectivity index (χ2v) is 11.3. The van der Waals surface area contributed by atoms with Crippen molar-refractivity contribution < 1.29 is 22.7 Å². The number of aromatic nitrogens is 2. The lowest BCUT2D eigenvalue weighted by molar-refractivity contribution is 0.0730. The van der Waals surface area contributed by atoms with Crippen molar-refractivity contribution in [1.82, 2.24) is 14.1 Å². The molecule has 1 aliphatic heterocycles. The molecule has 39 heavy (non-hydrogen) atoms. The van der Waals surface area contributed by atoms with Crippen LogP contribution in [0.15, 0.2) is 89.8 Å².